The van der Waals surface area contributed by atoms with Crippen molar-refractivity contribution in [2.45, 2.75) is 0 Å². The molecule has 0 fully saturated rings. The van der Waals surface area contributed by atoms with E-state index in [2.05, 4.69) is 11.1 Å². The van der Waals surface area contributed by atoms with Crippen molar-refractivity contribution in [1.82, 2.24) is 0 Å². The minimum atomic E-state index is -0.152. The lowest BCUT2D eigenvalue weighted by Crippen LogP contribution is -1.82. The van der Waals surface area contributed by atoms with Gasteiger partial charge < -0.3 is 23.5 Å². The van der Waals surface area contributed by atoms with E-state index in [0.717, 1.165) is 0 Å². The Morgan fingerprint density at radius 2 is 1.74 bits per heavy atom. The Hall–Kier alpha value is -4.18. The zero-order valence-corrected chi connectivity index (χ0v) is 13.8. The van der Waals surface area contributed by atoms with Crippen molar-refractivity contribution in [3.63, 3.8) is 0 Å². The second-order valence-electron chi connectivity index (χ2n) is 5.55. The number of benzene rings is 1. The largest absolute Gasteiger partial charge is 0.508 e. The summed E-state index contributed by atoms with van der Waals surface area (Å²) in [5, 5.41) is 28.9. The summed E-state index contributed by atoms with van der Waals surface area (Å²) in [6.45, 7) is 0. The number of furan rings is 3. The average Bonchev–Trinajstić information content (AvgIpc) is 3.40. The van der Waals surface area contributed by atoms with E-state index >= 15 is 0 Å². The van der Waals surface area contributed by atoms with Gasteiger partial charge in [0.15, 0.2) is 11.5 Å². The molecule has 0 amide bonds. The molecule has 0 saturated heterocycles. The first kappa shape index (κ1) is 16.3. The number of nitriles is 1. The lowest BCUT2D eigenvalue weighted by Gasteiger charge is -1.98. The number of nitrogens with zero attached hydrogens (tertiary/aromatic N) is 2. The van der Waals surface area contributed by atoms with E-state index in [4.69, 9.17) is 13.3 Å². The van der Waals surface area contributed by atoms with E-state index in [1.807, 2.05) is 0 Å². The molecular weight excluding hydrogens is 348 g/mol. The molecule has 2 N–H and O–H groups in total. The van der Waals surface area contributed by atoms with Crippen LogP contribution >= 0.6 is 0 Å². The fraction of sp³-hybridized carbons (Fsp3) is 0. The predicted octanol–water partition coefficient (Wildman–Crippen LogP) is 4.83. The van der Waals surface area contributed by atoms with Crippen LogP contribution in [0.2, 0.25) is 0 Å². The lowest BCUT2D eigenvalue weighted by molar-refractivity contribution is 0.450. The van der Waals surface area contributed by atoms with Gasteiger partial charge in [0.1, 0.15) is 28.9 Å². The third kappa shape index (κ3) is 2.96. The first-order chi connectivity index (χ1) is 13.2. The van der Waals surface area contributed by atoms with Gasteiger partial charge in [0.25, 0.3) is 0 Å². The molecule has 3 heterocycles. The highest BCUT2D eigenvalue weighted by molar-refractivity contribution is 5.89. The van der Waals surface area contributed by atoms with Gasteiger partial charge in [0.2, 0.25) is 5.88 Å². The molecule has 0 unspecified atom stereocenters. The van der Waals surface area contributed by atoms with E-state index in [1.54, 1.807) is 24.3 Å². The van der Waals surface area contributed by atoms with Crippen molar-refractivity contribution in [2.75, 3.05) is 0 Å². The van der Waals surface area contributed by atoms with Crippen molar-refractivity contribution in [2.24, 2.45) is 4.99 Å². The van der Waals surface area contributed by atoms with Crippen LogP contribution in [-0.4, -0.2) is 16.4 Å². The topological polar surface area (TPSA) is 116 Å². The van der Waals surface area contributed by atoms with E-state index in [9.17, 15) is 15.5 Å². The highest BCUT2D eigenvalue weighted by atomic mass is 16.4. The summed E-state index contributed by atoms with van der Waals surface area (Å²) in [7, 11) is 0. The predicted molar refractivity (Wildman–Crippen MR) is 95.9 cm³/mol. The molecule has 7 heteroatoms. The van der Waals surface area contributed by atoms with E-state index in [0.29, 0.717) is 28.4 Å². The molecule has 0 aliphatic heterocycles. The Kier molecular flexibility index (Phi) is 3.99. The molecular formula is C20H12N2O5. The Balaban J connectivity index is 1.85. The number of phenolic OH excluding ortho intramolecular Hbond substituents is 2. The van der Waals surface area contributed by atoms with Gasteiger partial charge in [-0.05, 0) is 36.4 Å². The van der Waals surface area contributed by atoms with Crippen LogP contribution in [0.3, 0.4) is 0 Å². The Morgan fingerprint density at radius 3 is 2.37 bits per heavy atom. The molecule has 0 bridgehead atoms. The van der Waals surface area contributed by atoms with Crippen LogP contribution in [0.15, 0.2) is 73.2 Å². The summed E-state index contributed by atoms with van der Waals surface area (Å²) >= 11 is 0. The van der Waals surface area contributed by atoms with Gasteiger partial charge in [0, 0.05) is 17.8 Å². The fourth-order valence-corrected chi connectivity index (χ4v) is 2.62. The van der Waals surface area contributed by atoms with E-state index in [-0.39, 0.29) is 22.9 Å². The average molecular weight is 360 g/mol. The van der Waals surface area contributed by atoms with Crippen molar-refractivity contribution in [3.8, 4) is 40.4 Å². The number of rotatable bonds is 4. The zero-order chi connectivity index (χ0) is 18.8. The first-order valence-electron chi connectivity index (χ1n) is 7.88. The molecule has 27 heavy (non-hydrogen) atoms. The number of hydrogen-bond donors (Lipinski definition) is 2. The van der Waals surface area contributed by atoms with Crippen LogP contribution in [0.1, 0.15) is 11.1 Å². The van der Waals surface area contributed by atoms with Gasteiger partial charge in [-0.15, -0.1) is 0 Å². The zero-order valence-electron chi connectivity index (χ0n) is 13.8. The van der Waals surface area contributed by atoms with Crippen molar-refractivity contribution < 1.29 is 23.5 Å². The number of phenols is 2. The fourth-order valence-electron chi connectivity index (χ4n) is 2.62. The molecule has 0 spiro atoms. The number of hydrogen-bond acceptors (Lipinski definition) is 7. The molecule has 0 aliphatic carbocycles. The van der Waals surface area contributed by atoms with Gasteiger partial charge in [-0.1, -0.05) is 0 Å². The number of aliphatic imine (C=N–C) groups is 1. The molecule has 0 atom stereocenters. The molecule has 4 rings (SSSR count). The highest BCUT2D eigenvalue weighted by Crippen LogP contribution is 2.42. The van der Waals surface area contributed by atoms with Crippen LogP contribution in [0.4, 0.5) is 5.88 Å². The van der Waals surface area contributed by atoms with Crippen LogP contribution < -0.4 is 0 Å². The van der Waals surface area contributed by atoms with Crippen LogP contribution in [-0.2, 0) is 0 Å². The smallest absolute Gasteiger partial charge is 0.238 e. The highest BCUT2D eigenvalue weighted by Gasteiger charge is 2.26. The summed E-state index contributed by atoms with van der Waals surface area (Å²) in [5.74, 6) is 1.00. The summed E-state index contributed by atoms with van der Waals surface area (Å²) in [4.78, 5) is 4.20. The molecule has 7 nitrogen and oxygen atoms in total. The van der Waals surface area contributed by atoms with Gasteiger partial charge in [-0.3, -0.25) is 0 Å². The van der Waals surface area contributed by atoms with E-state index < -0.39 is 0 Å². The van der Waals surface area contributed by atoms with Gasteiger partial charge >= 0.3 is 0 Å². The standard InChI is InChI=1S/C20H12N2O5/c21-10-14-18(16-3-1-7-25-16)19(17-4-2-8-26-17)27-20(14)22-11-12-5-6-13(23)9-15(12)24/h1-9,11,23-24H. The Bertz CT molecular complexity index is 1150. The normalized spacial score (nSPS) is 11.1. The molecule has 0 aliphatic rings. The quantitative estimate of drug-likeness (QED) is 0.503. The SMILES string of the molecule is N#Cc1c(N=Cc2ccc(O)cc2O)oc(-c2ccco2)c1-c1ccco1. The van der Waals surface area contributed by atoms with Gasteiger partial charge in [-0.25, -0.2) is 4.99 Å². The van der Waals surface area contributed by atoms with Crippen LogP contribution in [0.25, 0.3) is 22.8 Å². The Morgan fingerprint density at radius 1 is 1.00 bits per heavy atom. The van der Waals surface area contributed by atoms with Crippen LogP contribution in [0, 0.1) is 11.3 Å². The molecule has 0 radical (unpaired) electrons. The van der Waals surface area contributed by atoms with Gasteiger partial charge in [0.05, 0.1) is 18.1 Å². The van der Waals surface area contributed by atoms with Crippen molar-refractivity contribution in [3.05, 3.63) is 66.1 Å². The minimum Gasteiger partial charge on any atom is -0.508 e. The lowest BCUT2D eigenvalue weighted by atomic mass is 10.1. The third-order valence-electron chi connectivity index (χ3n) is 3.85. The summed E-state index contributed by atoms with van der Waals surface area (Å²) in [5.41, 5.74) is 0.956. The molecule has 1 aromatic carbocycles. The summed E-state index contributed by atoms with van der Waals surface area (Å²) in [6, 6.07) is 13.0. The second kappa shape index (κ2) is 6.61. The Labute approximate surface area is 153 Å². The monoisotopic (exact) mass is 360 g/mol. The van der Waals surface area contributed by atoms with E-state index in [1.165, 1.54) is 36.9 Å². The second-order valence-corrected chi connectivity index (χ2v) is 5.55. The van der Waals surface area contributed by atoms with Crippen molar-refractivity contribution in [1.29, 1.82) is 5.26 Å². The van der Waals surface area contributed by atoms with Crippen LogP contribution in [0.5, 0.6) is 11.5 Å². The maximum atomic E-state index is 9.88. The molecule has 0 saturated carbocycles. The summed E-state index contributed by atoms with van der Waals surface area (Å²) < 4.78 is 16.6. The maximum Gasteiger partial charge on any atom is 0.238 e. The number of aromatic hydroxyl groups is 2. The molecule has 132 valence electrons. The molecule has 4 aromatic rings. The van der Waals surface area contributed by atoms with Gasteiger partial charge in [-0.2, -0.15) is 5.26 Å². The maximum absolute atomic E-state index is 9.88. The molecule has 3 aromatic heterocycles. The summed E-state index contributed by atoms with van der Waals surface area (Å²) in [6.07, 6.45) is 4.33. The minimum absolute atomic E-state index is 0.0442. The van der Waals surface area contributed by atoms with Crippen molar-refractivity contribution >= 4 is 12.1 Å². The third-order valence-corrected chi connectivity index (χ3v) is 3.85. The first-order valence-corrected chi connectivity index (χ1v) is 7.88.